The number of hydrogen-bond donors (Lipinski definition) is 1. The van der Waals surface area contributed by atoms with Crippen molar-refractivity contribution in [3.05, 3.63) is 45.7 Å². The molecule has 2 rings (SSSR count). The highest BCUT2D eigenvalue weighted by Crippen LogP contribution is 2.20. The van der Waals surface area contributed by atoms with Crippen molar-refractivity contribution in [2.75, 3.05) is 13.2 Å². The van der Waals surface area contributed by atoms with E-state index in [-0.39, 0.29) is 11.7 Å². The molecule has 6 heteroatoms. The first kappa shape index (κ1) is 17.4. The Morgan fingerprint density at radius 2 is 2.04 bits per heavy atom. The van der Waals surface area contributed by atoms with E-state index < -0.39 is 0 Å². The van der Waals surface area contributed by atoms with Gasteiger partial charge in [-0.3, -0.25) is 4.79 Å². The van der Waals surface area contributed by atoms with Gasteiger partial charge in [0, 0.05) is 6.42 Å². The van der Waals surface area contributed by atoms with Crippen molar-refractivity contribution >= 4 is 17.2 Å². The summed E-state index contributed by atoms with van der Waals surface area (Å²) in [7, 11) is 0. The lowest BCUT2D eigenvalue weighted by Gasteiger charge is -2.07. The van der Waals surface area contributed by atoms with Gasteiger partial charge in [-0.1, -0.05) is 13.8 Å². The number of aryl methyl sites for hydroxylation is 1. The smallest absolute Gasteiger partial charge is 0.263 e. The molecule has 0 spiro atoms. The number of carbonyl (C=O) groups is 1. The fourth-order valence-electron chi connectivity index (χ4n) is 2.04. The van der Waals surface area contributed by atoms with Crippen molar-refractivity contribution in [3.8, 4) is 5.75 Å². The average molecular weight is 336 g/mol. The van der Waals surface area contributed by atoms with E-state index in [4.69, 9.17) is 4.74 Å². The zero-order valence-corrected chi connectivity index (χ0v) is 14.4. The molecular weight excluding hydrogens is 315 g/mol. The number of amides is 1. The molecule has 0 radical (unpaired) electrons. The van der Waals surface area contributed by atoms with Gasteiger partial charge in [0.15, 0.2) is 0 Å². The van der Waals surface area contributed by atoms with Crippen LogP contribution in [0, 0.1) is 18.7 Å². The minimum absolute atomic E-state index is 0.127. The number of carbonyl (C=O) groups excluding carboxylic acids is 1. The van der Waals surface area contributed by atoms with E-state index in [0.717, 1.165) is 17.1 Å². The molecule has 0 aliphatic carbocycles. The van der Waals surface area contributed by atoms with Crippen LogP contribution in [0.4, 0.5) is 4.39 Å². The molecule has 1 amide bonds. The third-order valence-electron chi connectivity index (χ3n) is 3.10. The van der Waals surface area contributed by atoms with Crippen LogP contribution in [-0.2, 0) is 6.42 Å². The minimum Gasteiger partial charge on any atom is -0.492 e. The largest absolute Gasteiger partial charge is 0.492 e. The summed E-state index contributed by atoms with van der Waals surface area (Å²) >= 11 is 1.45. The molecule has 0 saturated carbocycles. The summed E-state index contributed by atoms with van der Waals surface area (Å²) in [5, 5.41) is 3.81. The molecule has 4 nitrogen and oxygen atoms in total. The Morgan fingerprint density at radius 3 is 2.70 bits per heavy atom. The minimum atomic E-state index is -0.302. The van der Waals surface area contributed by atoms with Gasteiger partial charge in [-0.2, -0.15) is 0 Å². The van der Waals surface area contributed by atoms with Crippen LogP contribution in [0.2, 0.25) is 0 Å². The average Bonchev–Trinajstić information content (AvgIpc) is 2.85. The summed E-state index contributed by atoms with van der Waals surface area (Å²) in [4.78, 5) is 17.3. The van der Waals surface area contributed by atoms with Crippen LogP contribution < -0.4 is 10.1 Å². The number of ether oxygens (including phenoxy) is 1. The summed E-state index contributed by atoms with van der Waals surface area (Å²) in [5.41, 5.74) is 0.766. The van der Waals surface area contributed by atoms with E-state index in [0.29, 0.717) is 29.7 Å². The Balaban J connectivity index is 1.80. The Bertz CT molecular complexity index is 653. The van der Waals surface area contributed by atoms with Crippen molar-refractivity contribution in [1.29, 1.82) is 0 Å². The van der Waals surface area contributed by atoms with Gasteiger partial charge in [0.05, 0.1) is 17.2 Å². The number of aromatic nitrogens is 1. The van der Waals surface area contributed by atoms with Gasteiger partial charge in [0.25, 0.3) is 5.91 Å². The Labute approximate surface area is 139 Å². The molecule has 0 aliphatic rings. The monoisotopic (exact) mass is 336 g/mol. The van der Waals surface area contributed by atoms with Crippen LogP contribution in [0.1, 0.15) is 34.2 Å². The predicted molar refractivity (Wildman–Crippen MR) is 89.6 cm³/mol. The molecule has 0 saturated heterocycles. The van der Waals surface area contributed by atoms with Crippen molar-refractivity contribution in [3.63, 3.8) is 0 Å². The van der Waals surface area contributed by atoms with Crippen molar-refractivity contribution in [2.45, 2.75) is 27.2 Å². The molecule has 0 bridgehead atoms. The first-order chi connectivity index (χ1) is 11.0. The Morgan fingerprint density at radius 1 is 1.35 bits per heavy atom. The van der Waals surface area contributed by atoms with Gasteiger partial charge in [-0.25, -0.2) is 9.37 Å². The first-order valence-corrected chi connectivity index (χ1v) is 8.40. The molecule has 1 N–H and O–H groups in total. The molecule has 124 valence electrons. The molecule has 1 aromatic heterocycles. The third-order valence-corrected chi connectivity index (χ3v) is 4.28. The predicted octanol–water partition coefficient (Wildman–Crippen LogP) is 3.60. The van der Waals surface area contributed by atoms with E-state index >= 15 is 0 Å². The summed E-state index contributed by atoms with van der Waals surface area (Å²) in [6, 6.07) is 5.79. The van der Waals surface area contributed by atoms with Crippen LogP contribution in [0.25, 0.3) is 0 Å². The van der Waals surface area contributed by atoms with E-state index in [1.54, 1.807) is 12.1 Å². The molecule has 1 heterocycles. The number of hydrogen-bond acceptors (Lipinski definition) is 4. The first-order valence-electron chi connectivity index (χ1n) is 7.58. The molecule has 2 aromatic rings. The maximum absolute atomic E-state index is 12.8. The molecule has 0 atom stereocenters. The second kappa shape index (κ2) is 8.06. The van der Waals surface area contributed by atoms with Crippen LogP contribution in [0.5, 0.6) is 5.75 Å². The quantitative estimate of drug-likeness (QED) is 0.786. The van der Waals surface area contributed by atoms with Crippen molar-refractivity contribution in [2.24, 2.45) is 5.92 Å². The molecule has 1 aromatic carbocycles. The Hall–Kier alpha value is -1.95. The molecule has 23 heavy (non-hydrogen) atoms. The summed E-state index contributed by atoms with van der Waals surface area (Å²) in [6.45, 7) is 6.82. The normalized spacial score (nSPS) is 10.8. The lowest BCUT2D eigenvalue weighted by molar-refractivity contribution is 0.0950. The molecule has 0 unspecified atom stereocenters. The maximum atomic E-state index is 12.8. The van der Waals surface area contributed by atoms with Gasteiger partial charge in [-0.15, -0.1) is 11.3 Å². The van der Waals surface area contributed by atoms with E-state index in [2.05, 4.69) is 24.1 Å². The van der Waals surface area contributed by atoms with Gasteiger partial charge >= 0.3 is 0 Å². The molecular formula is C17H21FN2O2S. The number of nitrogens with one attached hydrogen (secondary N) is 1. The summed E-state index contributed by atoms with van der Waals surface area (Å²) in [5.74, 6) is 0.663. The fourth-order valence-corrected chi connectivity index (χ4v) is 3.24. The zero-order chi connectivity index (χ0) is 16.8. The number of thiazole rings is 1. The standard InChI is InChI=1S/C17H21FN2O2S/c1-11(2)10-15-20-12(3)16(23-15)17(21)19-8-9-22-14-6-4-13(18)5-7-14/h4-7,11H,8-10H2,1-3H3,(H,19,21). The summed E-state index contributed by atoms with van der Waals surface area (Å²) in [6.07, 6.45) is 0.881. The van der Waals surface area contributed by atoms with Crippen LogP contribution in [0.3, 0.4) is 0 Å². The zero-order valence-electron chi connectivity index (χ0n) is 13.6. The molecule has 0 fully saturated rings. The van der Waals surface area contributed by atoms with Crippen LogP contribution >= 0.6 is 11.3 Å². The van der Waals surface area contributed by atoms with Gasteiger partial charge in [0.1, 0.15) is 23.1 Å². The number of benzene rings is 1. The number of rotatable bonds is 7. The van der Waals surface area contributed by atoms with E-state index in [9.17, 15) is 9.18 Å². The van der Waals surface area contributed by atoms with Crippen LogP contribution in [0.15, 0.2) is 24.3 Å². The van der Waals surface area contributed by atoms with Gasteiger partial charge < -0.3 is 10.1 Å². The van der Waals surface area contributed by atoms with Gasteiger partial charge in [-0.05, 0) is 37.1 Å². The van der Waals surface area contributed by atoms with Gasteiger partial charge in [0.2, 0.25) is 0 Å². The second-order valence-corrected chi connectivity index (χ2v) is 6.76. The highest BCUT2D eigenvalue weighted by atomic mass is 32.1. The summed E-state index contributed by atoms with van der Waals surface area (Å²) < 4.78 is 18.2. The number of nitrogens with zero attached hydrogens (tertiary/aromatic N) is 1. The van der Waals surface area contributed by atoms with Crippen molar-refractivity contribution in [1.82, 2.24) is 10.3 Å². The highest BCUT2D eigenvalue weighted by molar-refractivity contribution is 7.13. The molecule has 0 aliphatic heterocycles. The fraction of sp³-hybridized carbons (Fsp3) is 0.412. The van der Waals surface area contributed by atoms with E-state index in [1.807, 2.05) is 6.92 Å². The third kappa shape index (κ3) is 5.32. The lowest BCUT2D eigenvalue weighted by atomic mass is 10.1. The highest BCUT2D eigenvalue weighted by Gasteiger charge is 2.15. The number of halogens is 1. The Kier molecular flexibility index (Phi) is 6.10. The van der Waals surface area contributed by atoms with Crippen LogP contribution in [-0.4, -0.2) is 24.0 Å². The second-order valence-electron chi connectivity index (χ2n) is 5.68. The lowest BCUT2D eigenvalue weighted by Crippen LogP contribution is -2.27. The van der Waals surface area contributed by atoms with Crippen molar-refractivity contribution < 1.29 is 13.9 Å². The SMILES string of the molecule is Cc1nc(CC(C)C)sc1C(=O)NCCOc1ccc(F)cc1. The topological polar surface area (TPSA) is 51.2 Å². The van der Waals surface area contributed by atoms with E-state index in [1.165, 1.54) is 23.5 Å². The maximum Gasteiger partial charge on any atom is 0.263 e.